The summed E-state index contributed by atoms with van der Waals surface area (Å²) in [5.41, 5.74) is 6.04. The van der Waals surface area contributed by atoms with Gasteiger partial charge in [0.15, 0.2) is 5.96 Å². The van der Waals surface area contributed by atoms with E-state index < -0.39 is 0 Å². The topological polar surface area (TPSA) is 111 Å². The molecule has 0 aliphatic carbocycles. The minimum atomic E-state index is -0.228. The predicted molar refractivity (Wildman–Crippen MR) is 123 cm³/mol. The van der Waals surface area contributed by atoms with Gasteiger partial charge in [0.2, 0.25) is 0 Å². The average molecular weight is 519 g/mol. The second-order valence-electron chi connectivity index (χ2n) is 7.47. The van der Waals surface area contributed by atoms with Crippen molar-refractivity contribution in [3.8, 4) is 0 Å². The number of guanidine groups is 1. The van der Waals surface area contributed by atoms with Crippen LogP contribution < -0.4 is 11.1 Å². The minimum absolute atomic E-state index is 0. The second-order valence-corrected chi connectivity index (χ2v) is 7.47. The molecule has 1 saturated heterocycles. The monoisotopic (exact) mass is 519 g/mol. The first-order valence-corrected chi connectivity index (χ1v) is 10.6. The van der Waals surface area contributed by atoms with Crippen molar-refractivity contribution in [2.45, 2.75) is 70.9 Å². The molecule has 0 atom stereocenters. The van der Waals surface area contributed by atoms with Crippen molar-refractivity contribution >= 4 is 36.0 Å². The maximum atomic E-state index is 11.7. The fraction of sp³-hybridized carbons (Fsp3) is 0.789. The molecule has 3 N–H and O–H groups in total. The Bertz CT molecular complexity index is 672. The molecule has 1 fully saturated rings. The first kappa shape index (κ1) is 23.7. The van der Waals surface area contributed by atoms with Crippen molar-refractivity contribution in [1.82, 2.24) is 25.0 Å². The number of aromatic nitrogens is 3. The van der Waals surface area contributed by atoms with Crippen LogP contribution in [0.1, 0.15) is 57.1 Å². The van der Waals surface area contributed by atoms with Crippen LogP contribution in [0.2, 0.25) is 0 Å². The third-order valence-corrected chi connectivity index (χ3v) is 5.40. The summed E-state index contributed by atoms with van der Waals surface area (Å²) in [6, 6.07) is 0.252. The molecule has 1 aromatic rings. The maximum absolute atomic E-state index is 11.7. The summed E-state index contributed by atoms with van der Waals surface area (Å²) >= 11 is 0. The van der Waals surface area contributed by atoms with Gasteiger partial charge in [-0.1, -0.05) is 6.42 Å². The summed E-state index contributed by atoms with van der Waals surface area (Å²) in [6.07, 6.45) is 7.98. The Hall–Kier alpha value is -1.59. The Morgan fingerprint density at radius 2 is 2.03 bits per heavy atom. The summed E-state index contributed by atoms with van der Waals surface area (Å²) in [6.45, 7) is 5.30. The highest BCUT2D eigenvalue weighted by Crippen LogP contribution is 2.15. The van der Waals surface area contributed by atoms with Crippen LogP contribution in [0.3, 0.4) is 0 Å². The van der Waals surface area contributed by atoms with Gasteiger partial charge in [0, 0.05) is 45.1 Å². The van der Waals surface area contributed by atoms with Gasteiger partial charge >= 0.3 is 6.09 Å². The van der Waals surface area contributed by atoms with E-state index in [2.05, 4.69) is 25.1 Å². The van der Waals surface area contributed by atoms with Crippen molar-refractivity contribution < 1.29 is 9.53 Å². The van der Waals surface area contributed by atoms with Crippen molar-refractivity contribution in [1.29, 1.82) is 0 Å². The van der Waals surface area contributed by atoms with Gasteiger partial charge in [-0.3, -0.25) is 4.99 Å². The molecule has 0 saturated carbocycles. The SMILES string of the molecule is CCOC(=O)N1CCC(NC(N)=NCCCc2nnc3n2CCCCC3)CC1.I. The molecule has 0 aromatic carbocycles. The van der Waals surface area contributed by atoms with Gasteiger partial charge in [0.25, 0.3) is 0 Å². The smallest absolute Gasteiger partial charge is 0.409 e. The fourth-order valence-electron chi connectivity index (χ4n) is 3.84. The molecule has 3 heterocycles. The average Bonchev–Trinajstić information content (AvgIpc) is 2.92. The highest BCUT2D eigenvalue weighted by Gasteiger charge is 2.23. The van der Waals surface area contributed by atoms with Crippen LogP contribution in [-0.4, -0.2) is 64.0 Å². The molecule has 2 aliphatic heterocycles. The highest BCUT2D eigenvalue weighted by molar-refractivity contribution is 14.0. The minimum Gasteiger partial charge on any atom is -0.450 e. The van der Waals surface area contributed by atoms with Crippen molar-refractivity contribution in [3.05, 3.63) is 11.6 Å². The van der Waals surface area contributed by atoms with Gasteiger partial charge in [-0.2, -0.15) is 0 Å². The van der Waals surface area contributed by atoms with Crippen LogP contribution in [0.25, 0.3) is 0 Å². The number of amides is 1. The van der Waals surface area contributed by atoms with Crippen LogP contribution in [-0.2, 0) is 24.1 Å². The number of carbonyl (C=O) groups is 1. The lowest BCUT2D eigenvalue weighted by molar-refractivity contribution is 0.0963. The molecule has 0 spiro atoms. The third-order valence-electron chi connectivity index (χ3n) is 5.40. The number of likely N-dealkylation sites (tertiary alicyclic amines) is 1. The molecular formula is C19H34IN7O2. The molecule has 0 bridgehead atoms. The molecule has 10 heteroatoms. The number of aryl methyl sites for hydroxylation is 2. The standard InChI is InChI=1S/C19H33N7O2.HI/c1-2-28-19(27)25-13-9-15(10-14-25)22-18(20)21-11-6-8-17-24-23-16-7-4-3-5-12-26(16)17;/h15H,2-14H2,1H3,(H3,20,21,22);1H. The number of fused-ring (bicyclic) bond motifs is 1. The lowest BCUT2D eigenvalue weighted by atomic mass is 10.1. The summed E-state index contributed by atoms with van der Waals surface area (Å²) < 4.78 is 7.33. The zero-order valence-electron chi connectivity index (χ0n) is 17.3. The number of piperidine rings is 1. The molecule has 3 rings (SSSR count). The van der Waals surface area contributed by atoms with Crippen LogP contribution in [0, 0.1) is 0 Å². The van der Waals surface area contributed by atoms with Gasteiger partial charge in [-0.25, -0.2) is 4.79 Å². The third kappa shape index (κ3) is 7.00. The van der Waals surface area contributed by atoms with Crippen molar-refractivity contribution in [2.24, 2.45) is 10.7 Å². The van der Waals surface area contributed by atoms with E-state index in [-0.39, 0.29) is 36.1 Å². The number of nitrogens with two attached hydrogens (primary N) is 1. The van der Waals surface area contributed by atoms with E-state index in [1.165, 1.54) is 19.3 Å². The Balaban J connectivity index is 0.00000300. The Kier molecular flexibility index (Phi) is 9.95. The normalized spacial score (nSPS) is 17.8. The van der Waals surface area contributed by atoms with Gasteiger partial charge in [-0.05, 0) is 39.0 Å². The predicted octanol–water partition coefficient (Wildman–Crippen LogP) is 2.08. The largest absolute Gasteiger partial charge is 0.450 e. The number of hydrogen-bond acceptors (Lipinski definition) is 5. The van der Waals surface area contributed by atoms with Gasteiger partial charge < -0.3 is 25.3 Å². The quantitative estimate of drug-likeness (QED) is 0.258. The van der Waals surface area contributed by atoms with Crippen LogP contribution in [0.15, 0.2) is 4.99 Å². The van der Waals surface area contributed by atoms with E-state index in [0.29, 0.717) is 32.2 Å². The molecule has 0 unspecified atom stereocenters. The number of ether oxygens (including phenoxy) is 1. The molecule has 1 aromatic heterocycles. The van der Waals surface area contributed by atoms with E-state index in [4.69, 9.17) is 10.5 Å². The second kappa shape index (κ2) is 12.2. The van der Waals surface area contributed by atoms with E-state index in [1.807, 2.05) is 6.92 Å². The summed E-state index contributed by atoms with van der Waals surface area (Å²) in [7, 11) is 0. The van der Waals surface area contributed by atoms with Crippen LogP contribution >= 0.6 is 24.0 Å². The first-order chi connectivity index (χ1) is 13.7. The first-order valence-electron chi connectivity index (χ1n) is 10.6. The van der Waals surface area contributed by atoms with Gasteiger partial charge in [0.05, 0.1) is 6.61 Å². The summed E-state index contributed by atoms with van der Waals surface area (Å²) in [5.74, 6) is 2.69. The van der Waals surface area contributed by atoms with Gasteiger partial charge in [-0.15, -0.1) is 34.2 Å². The lowest BCUT2D eigenvalue weighted by Gasteiger charge is -2.31. The van der Waals surface area contributed by atoms with Crippen LogP contribution in [0.4, 0.5) is 4.79 Å². The number of nitrogens with zero attached hydrogens (tertiary/aromatic N) is 5. The fourth-order valence-corrected chi connectivity index (χ4v) is 3.84. The lowest BCUT2D eigenvalue weighted by Crippen LogP contribution is -2.48. The van der Waals surface area contributed by atoms with E-state index in [1.54, 1.807) is 4.90 Å². The van der Waals surface area contributed by atoms with Crippen LogP contribution in [0.5, 0.6) is 0 Å². The zero-order valence-corrected chi connectivity index (χ0v) is 19.6. The molecule has 29 heavy (non-hydrogen) atoms. The number of hydrogen-bond donors (Lipinski definition) is 2. The summed E-state index contributed by atoms with van der Waals surface area (Å²) in [5, 5.41) is 12.0. The summed E-state index contributed by atoms with van der Waals surface area (Å²) in [4.78, 5) is 17.9. The zero-order chi connectivity index (χ0) is 19.8. The Labute approximate surface area is 189 Å². The molecule has 164 valence electrons. The molecular weight excluding hydrogens is 485 g/mol. The molecule has 9 nitrogen and oxygen atoms in total. The van der Waals surface area contributed by atoms with Crippen molar-refractivity contribution in [3.63, 3.8) is 0 Å². The van der Waals surface area contributed by atoms with E-state index in [0.717, 1.165) is 50.3 Å². The number of rotatable bonds is 6. The number of aliphatic imine (C=N–C) groups is 1. The molecule has 0 radical (unpaired) electrons. The van der Waals surface area contributed by atoms with E-state index in [9.17, 15) is 4.79 Å². The van der Waals surface area contributed by atoms with Crippen molar-refractivity contribution in [2.75, 3.05) is 26.2 Å². The number of carbonyl (C=O) groups excluding carboxylic acids is 1. The Morgan fingerprint density at radius 3 is 2.79 bits per heavy atom. The molecule has 1 amide bonds. The molecule has 2 aliphatic rings. The Morgan fingerprint density at radius 1 is 1.24 bits per heavy atom. The van der Waals surface area contributed by atoms with Gasteiger partial charge in [0.1, 0.15) is 11.6 Å². The number of halogens is 1. The highest BCUT2D eigenvalue weighted by atomic mass is 127. The maximum Gasteiger partial charge on any atom is 0.409 e. The van der Waals surface area contributed by atoms with E-state index >= 15 is 0 Å². The number of nitrogens with one attached hydrogen (secondary N) is 1.